The summed E-state index contributed by atoms with van der Waals surface area (Å²) in [5.74, 6) is 0.474. The van der Waals surface area contributed by atoms with Crippen LogP contribution in [0.25, 0.3) is 0 Å². The van der Waals surface area contributed by atoms with Gasteiger partial charge in [-0.15, -0.1) is 0 Å². The lowest BCUT2D eigenvalue weighted by Gasteiger charge is -2.02. The molecule has 88 valence electrons. The Hall–Kier alpha value is -2.17. The molecule has 2 heterocycles. The number of nitrogens with one attached hydrogen (secondary N) is 2. The molecule has 0 saturated heterocycles. The monoisotopic (exact) mass is 230 g/mol. The molecule has 0 radical (unpaired) electrons. The molecular formula is C12H14N4O. The Bertz CT molecular complexity index is 519. The van der Waals surface area contributed by atoms with Gasteiger partial charge < -0.3 is 5.32 Å². The molecule has 0 aliphatic heterocycles. The second-order valence-corrected chi connectivity index (χ2v) is 3.87. The summed E-state index contributed by atoms with van der Waals surface area (Å²) in [5, 5.41) is 9.60. The molecule has 0 bridgehead atoms. The first-order chi connectivity index (χ1) is 8.16. The lowest BCUT2D eigenvalue weighted by molar-refractivity contribution is -0.115. The number of aromatic nitrogens is 3. The highest BCUT2D eigenvalue weighted by Crippen LogP contribution is 2.13. The molecule has 2 N–H and O–H groups in total. The summed E-state index contributed by atoms with van der Waals surface area (Å²) in [7, 11) is 0. The Morgan fingerprint density at radius 2 is 2.24 bits per heavy atom. The average Bonchev–Trinajstić information content (AvgIpc) is 2.62. The van der Waals surface area contributed by atoms with E-state index in [1.54, 1.807) is 6.20 Å². The molecule has 2 rings (SSSR count). The lowest BCUT2D eigenvalue weighted by Crippen LogP contribution is -2.15. The Labute approximate surface area is 99.3 Å². The summed E-state index contributed by atoms with van der Waals surface area (Å²) in [6.45, 7) is 3.83. The minimum Gasteiger partial charge on any atom is -0.309 e. The number of hydrogen-bond donors (Lipinski definition) is 2. The van der Waals surface area contributed by atoms with Gasteiger partial charge in [-0.25, -0.2) is 0 Å². The zero-order valence-corrected chi connectivity index (χ0v) is 9.82. The van der Waals surface area contributed by atoms with E-state index in [0.717, 1.165) is 17.0 Å². The largest absolute Gasteiger partial charge is 0.309 e. The molecule has 0 aliphatic carbocycles. The number of hydrogen-bond acceptors (Lipinski definition) is 3. The summed E-state index contributed by atoms with van der Waals surface area (Å²) >= 11 is 0. The van der Waals surface area contributed by atoms with E-state index in [0.29, 0.717) is 5.82 Å². The molecule has 0 fully saturated rings. The van der Waals surface area contributed by atoms with Crippen LogP contribution in [0.3, 0.4) is 0 Å². The molecule has 5 heteroatoms. The number of rotatable bonds is 3. The highest BCUT2D eigenvalue weighted by Gasteiger charge is 2.10. The highest BCUT2D eigenvalue weighted by atomic mass is 16.1. The number of carbonyl (C=O) groups is 1. The van der Waals surface area contributed by atoms with E-state index < -0.39 is 0 Å². The zero-order chi connectivity index (χ0) is 12.3. The molecule has 2 aromatic rings. The van der Waals surface area contributed by atoms with Crippen LogP contribution in [0, 0.1) is 13.8 Å². The van der Waals surface area contributed by atoms with E-state index in [9.17, 15) is 4.79 Å². The van der Waals surface area contributed by atoms with Crippen LogP contribution in [0.1, 0.15) is 17.0 Å². The molecule has 0 aliphatic rings. The number of carbonyl (C=O) groups excluding carboxylic acids is 1. The van der Waals surface area contributed by atoms with Gasteiger partial charge in [-0.2, -0.15) is 5.10 Å². The van der Waals surface area contributed by atoms with Gasteiger partial charge in [0.15, 0.2) is 5.82 Å². The SMILES string of the molecule is Cc1[nH]nc(NC(=O)Cc2ccccn2)c1C. The fourth-order valence-electron chi connectivity index (χ4n) is 1.45. The van der Waals surface area contributed by atoms with Gasteiger partial charge in [-0.3, -0.25) is 14.9 Å². The van der Waals surface area contributed by atoms with Crippen LogP contribution in [0.5, 0.6) is 0 Å². The first kappa shape index (κ1) is 11.3. The molecule has 0 aromatic carbocycles. The van der Waals surface area contributed by atoms with E-state index in [1.807, 2.05) is 32.0 Å². The topological polar surface area (TPSA) is 70.7 Å². The molecule has 5 nitrogen and oxygen atoms in total. The number of aromatic amines is 1. The van der Waals surface area contributed by atoms with Crippen LogP contribution in [0.15, 0.2) is 24.4 Å². The van der Waals surface area contributed by atoms with E-state index >= 15 is 0 Å². The van der Waals surface area contributed by atoms with Crippen molar-refractivity contribution in [2.75, 3.05) is 5.32 Å². The predicted octanol–water partition coefficient (Wildman–Crippen LogP) is 1.60. The predicted molar refractivity (Wildman–Crippen MR) is 64.6 cm³/mol. The molecular weight excluding hydrogens is 216 g/mol. The Kier molecular flexibility index (Phi) is 3.18. The van der Waals surface area contributed by atoms with Crippen LogP contribution in [0.2, 0.25) is 0 Å². The van der Waals surface area contributed by atoms with Crippen molar-refractivity contribution in [3.63, 3.8) is 0 Å². The van der Waals surface area contributed by atoms with E-state index in [1.165, 1.54) is 0 Å². The first-order valence-corrected chi connectivity index (χ1v) is 5.38. The van der Waals surface area contributed by atoms with Gasteiger partial charge in [-0.1, -0.05) is 6.07 Å². The number of anilines is 1. The summed E-state index contributed by atoms with van der Waals surface area (Å²) in [6, 6.07) is 5.50. The van der Waals surface area contributed by atoms with Crippen molar-refractivity contribution in [3.05, 3.63) is 41.3 Å². The molecule has 0 spiro atoms. The van der Waals surface area contributed by atoms with Gasteiger partial charge >= 0.3 is 0 Å². The maximum atomic E-state index is 11.7. The minimum absolute atomic E-state index is 0.113. The second-order valence-electron chi connectivity index (χ2n) is 3.87. The summed E-state index contributed by atoms with van der Waals surface area (Å²) in [5.41, 5.74) is 2.66. The third-order valence-electron chi connectivity index (χ3n) is 2.58. The van der Waals surface area contributed by atoms with E-state index in [2.05, 4.69) is 20.5 Å². The Morgan fingerprint density at radius 1 is 1.41 bits per heavy atom. The van der Waals surface area contributed by atoms with Crippen LogP contribution in [0.4, 0.5) is 5.82 Å². The van der Waals surface area contributed by atoms with Gasteiger partial charge in [0.2, 0.25) is 5.91 Å². The third-order valence-corrected chi connectivity index (χ3v) is 2.58. The number of pyridine rings is 1. The van der Waals surface area contributed by atoms with Crippen LogP contribution < -0.4 is 5.32 Å². The van der Waals surface area contributed by atoms with Gasteiger partial charge in [0.1, 0.15) is 0 Å². The van der Waals surface area contributed by atoms with Crippen molar-refractivity contribution in [2.24, 2.45) is 0 Å². The van der Waals surface area contributed by atoms with Crippen molar-refractivity contribution >= 4 is 11.7 Å². The lowest BCUT2D eigenvalue weighted by atomic mass is 10.2. The Balaban J connectivity index is 2.01. The maximum Gasteiger partial charge on any atom is 0.231 e. The zero-order valence-electron chi connectivity index (χ0n) is 9.82. The number of H-pyrrole nitrogens is 1. The maximum absolute atomic E-state index is 11.7. The standard InChI is InChI=1S/C12H14N4O/c1-8-9(2)15-16-12(8)14-11(17)7-10-5-3-4-6-13-10/h3-6H,7H2,1-2H3,(H2,14,15,16,17). The first-order valence-electron chi connectivity index (χ1n) is 5.38. The van der Waals surface area contributed by atoms with Crippen molar-refractivity contribution in [2.45, 2.75) is 20.3 Å². The number of nitrogens with zero attached hydrogens (tertiary/aromatic N) is 2. The van der Waals surface area contributed by atoms with Crippen molar-refractivity contribution < 1.29 is 4.79 Å². The van der Waals surface area contributed by atoms with Crippen LogP contribution in [-0.4, -0.2) is 21.1 Å². The van der Waals surface area contributed by atoms with Crippen LogP contribution >= 0.6 is 0 Å². The van der Waals surface area contributed by atoms with Gasteiger partial charge in [0.25, 0.3) is 0 Å². The summed E-state index contributed by atoms with van der Waals surface area (Å²) in [4.78, 5) is 15.8. The van der Waals surface area contributed by atoms with Gasteiger partial charge in [0.05, 0.1) is 6.42 Å². The average molecular weight is 230 g/mol. The number of aryl methyl sites for hydroxylation is 1. The third kappa shape index (κ3) is 2.69. The van der Waals surface area contributed by atoms with E-state index in [4.69, 9.17) is 0 Å². The molecule has 0 atom stereocenters. The molecule has 1 amide bonds. The summed E-state index contributed by atoms with van der Waals surface area (Å²) in [6.07, 6.45) is 1.93. The van der Waals surface area contributed by atoms with Crippen LogP contribution in [-0.2, 0) is 11.2 Å². The van der Waals surface area contributed by atoms with Gasteiger partial charge in [-0.05, 0) is 26.0 Å². The second kappa shape index (κ2) is 4.78. The van der Waals surface area contributed by atoms with Crippen molar-refractivity contribution in [1.82, 2.24) is 15.2 Å². The molecule has 17 heavy (non-hydrogen) atoms. The molecule has 0 saturated carbocycles. The fraction of sp³-hybridized carbons (Fsp3) is 0.250. The quantitative estimate of drug-likeness (QED) is 0.841. The molecule has 2 aromatic heterocycles. The Morgan fingerprint density at radius 3 is 2.82 bits per heavy atom. The highest BCUT2D eigenvalue weighted by molar-refractivity contribution is 5.91. The smallest absolute Gasteiger partial charge is 0.231 e. The van der Waals surface area contributed by atoms with Crippen molar-refractivity contribution in [3.8, 4) is 0 Å². The van der Waals surface area contributed by atoms with Crippen molar-refractivity contribution in [1.29, 1.82) is 0 Å². The number of amides is 1. The minimum atomic E-state index is -0.113. The normalized spacial score (nSPS) is 10.2. The molecule has 0 unspecified atom stereocenters. The van der Waals surface area contributed by atoms with Gasteiger partial charge in [0, 0.05) is 23.1 Å². The van der Waals surface area contributed by atoms with E-state index in [-0.39, 0.29) is 12.3 Å². The fourth-order valence-corrected chi connectivity index (χ4v) is 1.45. The summed E-state index contributed by atoms with van der Waals surface area (Å²) < 4.78 is 0.